The van der Waals surface area contributed by atoms with Crippen LogP contribution in [0.25, 0.3) is 0 Å². The zero-order chi connectivity index (χ0) is 21.7. The van der Waals surface area contributed by atoms with Crippen LogP contribution in [0.3, 0.4) is 0 Å². The molecule has 0 radical (unpaired) electrons. The molecule has 3 fully saturated rings. The van der Waals surface area contributed by atoms with Crippen LogP contribution in [0.15, 0.2) is 11.6 Å². The monoisotopic (exact) mass is 414 g/mol. The highest BCUT2D eigenvalue weighted by molar-refractivity contribution is 5.25. The SMILES string of the molecule is CC[C@@H](CCC(C)C1CCC2C3CC=C4C[C@@H](O)CCC4(C)C3CCC12C)C(C)C. The second kappa shape index (κ2) is 8.57. The van der Waals surface area contributed by atoms with Crippen molar-refractivity contribution in [1.82, 2.24) is 0 Å². The van der Waals surface area contributed by atoms with Gasteiger partial charge in [-0.1, -0.05) is 66.0 Å². The van der Waals surface area contributed by atoms with Crippen LogP contribution in [0.2, 0.25) is 0 Å². The first-order valence-electron chi connectivity index (χ1n) is 13.6. The molecule has 30 heavy (non-hydrogen) atoms. The standard InChI is InChI=1S/C29H50O/c1-7-21(19(2)3)9-8-20(4)25-12-13-26-24-11-10-22-18-23(30)14-16-28(22,5)27(24)15-17-29(25,26)6/h10,19-21,23-27,30H,7-9,11-18H2,1-6H3/t20?,21-,23-,24?,25?,26?,27?,28?,29?/m0/s1. The maximum atomic E-state index is 10.2. The van der Waals surface area contributed by atoms with Gasteiger partial charge in [0, 0.05) is 0 Å². The van der Waals surface area contributed by atoms with E-state index in [1.54, 1.807) is 5.57 Å². The van der Waals surface area contributed by atoms with Gasteiger partial charge < -0.3 is 5.11 Å². The predicted molar refractivity (Wildman–Crippen MR) is 128 cm³/mol. The van der Waals surface area contributed by atoms with E-state index in [4.69, 9.17) is 0 Å². The summed E-state index contributed by atoms with van der Waals surface area (Å²) < 4.78 is 0. The molecular weight excluding hydrogens is 364 g/mol. The number of hydrogen-bond donors (Lipinski definition) is 1. The Morgan fingerprint density at radius 1 is 1.00 bits per heavy atom. The smallest absolute Gasteiger partial charge is 0.0577 e. The largest absolute Gasteiger partial charge is 0.393 e. The van der Waals surface area contributed by atoms with Crippen molar-refractivity contribution in [2.24, 2.45) is 52.3 Å². The van der Waals surface area contributed by atoms with Crippen LogP contribution in [0.4, 0.5) is 0 Å². The van der Waals surface area contributed by atoms with Crippen LogP contribution >= 0.6 is 0 Å². The van der Waals surface area contributed by atoms with Crippen molar-refractivity contribution < 1.29 is 5.11 Å². The van der Waals surface area contributed by atoms with Gasteiger partial charge in [0.05, 0.1) is 6.10 Å². The Balaban J connectivity index is 1.47. The molecule has 0 aromatic heterocycles. The molecule has 0 saturated heterocycles. The molecule has 1 nitrogen and oxygen atoms in total. The fourth-order valence-electron chi connectivity index (χ4n) is 9.30. The lowest BCUT2D eigenvalue weighted by atomic mass is 9.47. The summed E-state index contributed by atoms with van der Waals surface area (Å²) in [5, 5.41) is 10.2. The topological polar surface area (TPSA) is 20.2 Å². The molecule has 0 aliphatic heterocycles. The highest BCUT2D eigenvalue weighted by Crippen LogP contribution is 2.67. The first kappa shape index (κ1) is 22.9. The minimum Gasteiger partial charge on any atom is -0.393 e. The summed E-state index contributed by atoms with van der Waals surface area (Å²) in [4.78, 5) is 0. The maximum absolute atomic E-state index is 10.2. The van der Waals surface area contributed by atoms with Crippen LogP contribution in [0.5, 0.6) is 0 Å². The predicted octanol–water partition coefficient (Wildman–Crippen LogP) is 8.02. The van der Waals surface area contributed by atoms with E-state index in [1.807, 2.05) is 0 Å². The highest BCUT2D eigenvalue weighted by Gasteiger charge is 2.59. The average molecular weight is 415 g/mol. The molecule has 0 aromatic rings. The number of allylic oxidation sites excluding steroid dienone is 1. The van der Waals surface area contributed by atoms with Crippen molar-refractivity contribution in [2.75, 3.05) is 0 Å². The molecule has 9 atom stereocenters. The van der Waals surface area contributed by atoms with Crippen LogP contribution in [0.1, 0.15) is 112 Å². The van der Waals surface area contributed by atoms with Gasteiger partial charge in [-0.05, 0) is 110 Å². The molecule has 3 saturated carbocycles. The quantitative estimate of drug-likeness (QED) is 0.436. The lowest BCUT2D eigenvalue weighted by Gasteiger charge is -2.58. The molecule has 4 rings (SSSR count). The number of aliphatic hydroxyl groups excluding tert-OH is 1. The molecular formula is C29H50O. The molecule has 0 aromatic carbocycles. The van der Waals surface area contributed by atoms with Gasteiger partial charge >= 0.3 is 0 Å². The molecule has 1 heteroatoms. The Hall–Kier alpha value is -0.300. The Morgan fingerprint density at radius 2 is 1.77 bits per heavy atom. The second-order valence-corrected chi connectivity index (χ2v) is 12.9. The summed E-state index contributed by atoms with van der Waals surface area (Å²) >= 11 is 0. The van der Waals surface area contributed by atoms with E-state index in [9.17, 15) is 5.11 Å². The summed E-state index contributed by atoms with van der Waals surface area (Å²) in [6, 6.07) is 0. The van der Waals surface area contributed by atoms with Crippen LogP contribution < -0.4 is 0 Å². The highest BCUT2D eigenvalue weighted by atomic mass is 16.3. The van der Waals surface area contributed by atoms with Crippen molar-refractivity contribution in [1.29, 1.82) is 0 Å². The van der Waals surface area contributed by atoms with E-state index in [-0.39, 0.29) is 6.10 Å². The van der Waals surface area contributed by atoms with Gasteiger partial charge in [-0.15, -0.1) is 0 Å². The van der Waals surface area contributed by atoms with Crippen molar-refractivity contribution in [3.63, 3.8) is 0 Å². The molecule has 7 unspecified atom stereocenters. The maximum Gasteiger partial charge on any atom is 0.0577 e. The molecule has 172 valence electrons. The summed E-state index contributed by atoms with van der Waals surface area (Å²) in [5.41, 5.74) is 2.59. The van der Waals surface area contributed by atoms with Gasteiger partial charge in [-0.2, -0.15) is 0 Å². The van der Waals surface area contributed by atoms with Crippen molar-refractivity contribution >= 4 is 0 Å². The Morgan fingerprint density at radius 3 is 2.47 bits per heavy atom. The van der Waals surface area contributed by atoms with E-state index >= 15 is 0 Å². The molecule has 0 amide bonds. The molecule has 4 aliphatic carbocycles. The summed E-state index contributed by atoms with van der Waals surface area (Å²) in [7, 11) is 0. The Bertz CT molecular complexity index is 634. The lowest BCUT2D eigenvalue weighted by molar-refractivity contribution is -0.0575. The van der Waals surface area contributed by atoms with E-state index in [0.29, 0.717) is 10.8 Å². The number of fused-ring (bicyclic) bond motifs is 5. The number of rotatable bonds is 6. The van der Waals surface area contributed by atoms with E-state index in [0.717, 1.165) is 54.3 Å². The fourth-order valence-corrected chi connectivity index (χ4v) is 9.30. The third-order valence-electron chi connectivity index (χ3n) is 11.3. The number of aliphatic hydroxyl groups is 1. The van der Waals surface area contributed by atoms with Gasteiger partial charge in [0.2, 0.25) is 0 Å². The van der Waals surface area contributed by atoms with Crippen LogP contribution in [-0.4, -0.2) is 11.2 Å². The fraction of sp³-hybridized carbons (Fsp3) is 0.931. The lowest BCUT2D eigenvalue weighted by Crippen LogP contribution is -2.50. The van der Waals surface area contributed by atoms with E-state index < -0.39 is 0 Å². The zero-order valence-electron chi connectivity index (χ0n) is 20.9. The zero-order valence-corrected chi connectivity index (χ0v) is 20.9. The van der Waals surface area contributed by atoms with Crippen molar-refractivity contribution in [2.45, 2.75) is 118 Å². The molecule has 1 N–H and O–H groups in total. The molecule has 0 heterocycles. The van der Waals surface area contributed by atoms with Crippen molar-refractivity contribution in [3.05, 3.63) is 11.6 Å². The van der Waals surface area contributed by atoms with Gasteiger partial charge in [-0.3, -0.25) is 0 Å². The second-order valence-electron chi connectivity index (χ2n) is 12.9. The third-order valence-corrected chi connectivity index (χ3v) is 11.3. The van der Waals surface area contributed by atoms with Gasteiger partial charge in [-0.25, -0.2) is 0 Å². The van der Waals surface area contributed by atoms with Gasteiger partial charge in [0.25, 0.3) is 0 Å². The molecule has 4 aliphatic rings. The average Bonchev–Trinajstić information content (AvgIpc) is 3.06. The molecule has 0 spiro atoms. The van der Waals surface area contributed by atoms with Crippen LogP contribution in [-0.2, 0) is 0 Å². The third kappa shape index (κ3) is 3.74. The van der Waals surface area contributed by atoms with Crippen LogP contribution in [0, 0.1) is 52.3 Å². The first-order valence-corrected chi connectivity index (χ1v) is 13.6. The molecule has 0 bridgehead atoms. The van der Waals surface area contributed by atoms with Gasteiger partial charge in [0.15, 0.2) is 0 Å². The summed E-state index contributed by atoms with van der Waals surface area (Å²) in [5.74, 6) is 6.31. The normalized spacial score (nSPS) is 45.3. The first-order chi connectivity index (χ1) is 14.2. The Labute approximate surface area is 187 Å². The van der Waals surface area contributed by atoms with Crippen molar-refractivity contribution in [3.8, 4) is 0 Å². The minimum atomic E-state index is -0.0794. The summed E-state index contributed by atoms with van der Waals surface area (Å²) in [6.07, 6.45) is 17.1. The van der Waals surface area contributed by atoms with Gasteiger partial charge in [0.1, 0.15) is 0 Å². The van der Waals surface area contributed by atoms with E-state index in [2.05, 4.69) is 47.6 Å². The summed E-state index contributed by atoms with van der Waals surface area (Å²) in [6.45, 7) is 15.1. The van der Waals surface area contributed by atoms with E-state index in [1.165, 1.54) is 57.8 Å². The Kier molecular flexibility index (Phi) is 6.53. The minimum absolute atomic E-state index is 0.0794. The number of hydrogen-bond acceptors (Lipinski definition) is 1.